The third-order valence-electron chi connectivity index (χ3n) is 2.96. The van der Waals surface area contributed by atoms with Crippen LogP contribution in [0.25, 0.3) is 0 Å². The van der Waals surface area contributed by atoms with E-state index in [1.54, 1.807) is 0 Å². The molecule has 0 aromatic heterocycles. The fourth-order valence-electron chi connectivity index (χ4n) is 2.33. The summed E-state index contributed by atoms with van der Waals surface area (Å²) in [5.74, 6) is 5.69. The second-order valence-corrected chi connectivity index (χ2v) is 5.06. The maximum absolute atomic E-state index is 5.77. The number of hydrogen-bond acceptors (Lipinski definition) is 3. The number of benzene rings is 1. The van der Waals surface area contributed by atoms with E-state index < -0.39 is 0 Å². The van der Waals surface area contributed by atoms with E-state index in [1.165, 1.54) is 16.7 Å². The normalized spacial score (nSPS) is 13.8. The van der Waals surface area contributed by atoms with Crippen LogP contribution in [0.15, 0.2) is 18.2 Å². The molecule has 0 saturated carbocycles. The maximum Gasteiger partial charge on any atom is 0.0833 e. The van der Waals surface area contributed by atoms with Crippen LogP contribution in [0.5, 0.6) is 0 Å². The van der Waals surface area contributed by atoms with Gasteiger partial charge in [-0.15, -0.1) is 0 Å². The van der Waals surface area contributed by atoms with E-state index >= 15 is 0 Å². The van der Waals surface area contributed by atoms with Crippen LogP contribution in [-0.2, 0) is 4.74 Å². The van der Waals surface area contributed by atoms with Crippen molar-refractivity contribution >= 4 is 0 Å². The zero-order chi connectivity index (χ0) is 13.1. The summed E-state index contributed by atoms with van der Waals surface area (Å²) in [5.41, 5.74) is 6.20. The summed E-state index contributed by atoms with van der Waals surface area (Å²) in [7, 11) is 0. The van der Waals surface area contributed by atoms with Crippen LogP contribution in [0, 0.1) is 13.8 Å². The molecule has 0 aliphatic heterocycles. The number of aryl methyl sites for hydroxylation is 2. The van der Waals surface area contributed by atoms with E-state index in [0.717, 1.165) is 0 Å². The summed E-state index contributed by atoms with van der Waals surface area (Å²) in [6, 6.07) is 6.45. The van der Waals surface area contributed by atoms with Gasteiger partial charge < -0.3 is 4.74 Å². The summed E-state index contributed by atoms with van der Waals surface area (Å²) < 4.78 is 5.77. The molecule has 1 rings (SSSR count). The van der Waals surface area contributed by atoms with E-state index in [9.17, 15) is 0 Å². The van der Waals surface area contributed by atoms with Crippen molar-refractivity contribution in [2.75, 3.05) is 6.61 Å². The van der Waals surface area contributed by atoms with Gasteiger partial charge in [-0.2, -0.15) is 0 Å². The SMILES string of the molecule is CCOC(C)(C)C(NN)c1cc(C)cc(C)c1. The summed E-state index contributed by atoms with van der Waals surface area (Å²) >= 11 is 0. The van der Waals surface area contributed by atoms with Crippen molar-refractivity contribution in [3.05, 3.63) is 34.9 Å². The molecular formula is C14H24N2O. The molecule has 96 valence electrons. The van der Waals surface area contributed by atoms with E-state index in [2.05, 4.69) is 51.3 Å². The fourth-order valence-corrected chi connectivity index (χ4v) is 2.33. The molecule has 0 aliphatic carbocycles. The highest BCUT2D eigenvalue weighted by Gasteiger charge is 2.30. The lowest BCUT2D eigenvalue weighted by Gasteiger charge is -2.34. The Labute approximate surface area is 104 Å². The van der Waals surface area contributed by atoms with E-state index in [0.29, 0.717) is 6.61 Å². The number of nitrogens with one attached hydrogen (secondary N) is 1. The van der Waals surface area contributed by atoms with Gasteiger partial charge in [0.05, 0.1) is 11.6 Å². The Balaban J connectivity index is 3.08. The lowest BCUT2D eigenvalue weighted by molar-refractivity contribution is -0.0392. The Kier molecular flexibility index (Phi) is 4.69. The van der Waals surface area contributed by atoms with Crippen molar-refractivity contribution in [2.45, 2.75) is 46.3 Å². The zero-order valence-corrected chi connectivity index (χ0v) is 11.5. The molecule has 0 aliphatic rings. The van der Waals surface area contributed by atoms with Crippen molar-refractivity contribution in [1.29, 1.82) is 0 Å². The molecule has 0 fully saturated rings. The summed E-state index contributed by atoms with van der Waals surface area (Å²) in [5, 5.41) is 0. The smallest absolute Gasteiger partial charge is 0.0833 e. The molecule has 0 spiro atoms. The van der Waals surface area contributed by atoms with Crippen molar-refractivity contribution in [2.24, 2.45) is 5.84 Å². The highest BCUT2D eigenvalue weighted by Crippen LogP contribution is 2.29. The number of hydrazine groups is 1. The molecule has 17 heavy (non-hydrogen) atoms. The highest BCUT2D eigenvalue weighted by atomic mass is 16.5. The molecule has 3 nitrogen and oxygen atoms in total. The van der Waals surface area contributed by atoms with E-state index in [-0.39, 0.29) is 11.6 Å². The Hall–Kier alpha value is -0.900. The molecule has 1 aromatic carbocycles. The van der Waals surface area contributed by atoms with E-state index in [4.69, 9.17) is 10.6 Å². The van der Waals surface area contributed by atoms with Crippen LogP contribution in [0.2, 0.25) is 0 Å². The van der Waals surface area contributed by atoms with Crippen molar-refractivity contribution in [3.8, 4) is 0 Å². The molecule has 1 atom stereocenters. The van der Waals surface area contributed by atoms with Gasteiger partial charge in [-0.3, -0.25) is 11.3 Å². The molecule has 0 radical (unpaired) electrons. The van der Waals surface area contributed by atoms with Gasteiger partial charge in [0, 0.05) is 6.61 Å². The first kappa shape index (κ1) is 14.2. The monoisotopic (exact) mass is 236 g/mol. The minimum atomic E-state index is -0.330. The van der Waals surface area contributed by atoms with Gasteiger partial charge in [0.25, 0.3) is 0 Å². The molecule has 0 heterocycles. The molecule has 0 amide bonds. The van der Waals surface area contributed by atoms with E-state index in [1.807, 2.05) is 6.92 Å². The molecule has 0 bridgehead atoms. The second kappa shape index (κ2) is 5.63. The van der Waals surface area contributed by atoms with Gasteiger partial charge in [0.1, 0.15) is 0 Å². The number of hydrogen-bond donors (Lipinski definition) is 2. The maximum atomic E-state index is 5.77. The lowest BCUT2D eigenvalue weighted by Crippen LogP contribution is -2.44. The Bertz CT molecular complexity index is 354. The minimum Gasteiger partial charge on any atom is -0.374 e. The Morgan fingerprint density at radius 2 is 1.76 bits per heavy atom. The average Bonchev–Trinajstić information content (AvgIpc) is 2.15. The highest BCUT2D eigenvalue weighted by molar-refractivity contribution is 5.32. The molecule has 1 unspecified atom stereocenters. The Morgan fingerprint density at radius 3 is 2.18 bits per heavy atom. The average molecular weight is 236 g/mol. The molecule has 3 N–H and O–H groups in total. The van der Waals surface area contributed by atoms with Crippen LogP contribution in [0.3, 0.4) is 0 Å². The standard InChI is InChI=1S/C14H24N2O/c1-6-17-14(4,5)13(16-15)12-8-10(2)7-11(3)9-12/h7-9,13,16H,6,15H2,1-5H3. The second-order valence-electron chi connectivity index (χ2n) is 5.06. The molecule has 1 aromatic rings. The largest absolute Gasteiger partial charge is 0.374 e. The number of ether oxygens (including phenoxy) is 1. The third kappa shape index (κ3) is 3.53. The predicted octanol–water partition coefficient (Wildman–Crippen LogP) is 2.62. The number of nitrogens with two attached hydrogens (primary N) is 1. The summed E-state index contributed by atoms with van der Waals surface area (Å²) in [4.78, 5) is 0. The van der Waals surface area contributed by atoms with Gasteiger partial charge in [-0.05, 0) is 40.2 Å². The van der Waals surface area contributed by atoms with Crippen LogP contribution < -0.4 is 11.3 Å². The van der Waals surface area contributed by atoms with Gasteiger partial charge in [-0.25, -0.2) is 0 Å². The molecule has 0 saturated heterocycles. The van der Waals surface area contributed by atoms with Crippen LogP contribution >= 0.6 is 0 Å². The van der Waals surface area contributed by atoms with Crippen molar-refractivity contribution in [3.63, 3.8) is 0 Å². The fraction of sp³-hybridized carbons (Fsp3) is 0.571. The zero-order valence-electron chi connectivity index (χ0n) is 11.5. The minimum absolute atomic E-state index is 0.0129. The first-order valence-electron chi connectivity index (χ1n) is 6.09. The van der Waals surface area contributed by atoms with Crippen LogP contribution in [0.1, 0.15) is 43.5 Å². The van der Waals surface area contributed by atoms with Gasteiger partial charge in [-0.1, -0.05) is 29.3 Å². The molecule has 3 heteroatoms. The first-order valence-corrected chi connectivity index (χ1v) is 6.09. The van der Waals surface area contributed by atoms with Gasteiger partial charge >= 0.3 is 0 Å². The topological polar surface area (TPSA) is 47.3 Å². The van der Waals surface area contributed by atoms with Gasteiger partial charge in [0.2, 0.25) is 0 Å². The van der Waals surface area contributed by atoms with Crippen molar-refractivity contribution < 1.29 is 4.74 Å². The molecular weight excluding hydrogens is 212 g/mol. The summed E-state index contributed by atoms with van der Waals surface area (Å²) in [6.07, 6.45) is 0. The summed E-state index contributed by atoms with van der Waals surface area (Å²) in [6.45, 7) is 11.0. The lowest BCUT2D eigenvalue weighted by atomic mass is 9.90. The number of rotatable bonds is 5. The van der Waals surface area contributed by atoms with Gasteiger partial charge in [0.15, 0.2) is 0 Å². The first-order chi connectivity index (χ1) is 7.90. The third-order valence-corrected chi connectivity index (χ3v) is 2.96. The van der Waals surface area contributed by atoms with Crippen LogP contribution in [0.4, 0.5) is 0 Å². The predicted molar refractivity (Wildman–Crippen MR) is 71.7 cm³/mol. The Morgan fingerprint density at radius 1 is 1.24 bits per heavy atom. The quantitative estimate of drug-likeness (QED) is 0.610. The van der Waals surface area contributed by atoms with Crippen molar-refractivity contribution in [1.82, 2.24) is 5.43 Å². The van der Waals surface area contributed by atoms with Crippen LogP contribution in [-0.4, -0.2) is 12.2 Å².